The summed E-state index contributed by atoms with van der Waals surface area (Å²) in [6.45, 7) is 2.99. The molecule has 3 rings (SSSR count). The quantitative estimate of drug-likeness (QED) is 0.755. The van der Waals surface area contributed by atoms with Gasteiger partial charge in [0.15, 0.2) is 11.6 Å². The highest BCUT2D eigenvalue weighted by atomic mass is 19.1. The monoisotopic (exact) mass is 328 g/mol. The summed E-state index contributed by atoms with van der Waals surface area (Å²) in [7, 11) is 0. The van der Waals surface area contributed by atoms with Gasteiger partial charge in [-0.15, -0.1) is 0 Å². The fourth-order valence-electron chi connectivity index (χ4n) is 2.39. The van der Waals surface area contributed by atoms with E-state index in [4.69, 9.17) is 4.74 Å². The van der Waals surface area contributed by atoms with E-state index in [2.05, 4.69) is 15.4 Å². The third-order valence-electron chi connectivity index (χ3n) is 3.69. The second-order valence-electron chi connectivity index (χ2n) is 5.19. The first kappa shape index (κ1) is 15.9. The number of amides is 1. The average Bonchev–Trinajstić information content (AvgIpc) is 3.07. The van der Waals surface area contributed by atoms with Crippen LogP contribution in [0.1, 0.15) is 17.3 Å². The van der Waals surface area contributed by atoms with Crippen molar-refractivity contribution in [1.82, 2.24) is 20.3 Å². The summed E-state index contributed by atoms with van der Waals surface area (Å²) in [5.41, 5.74) is 1.88. The highest BCUT2D eigenvalue weighted by Gasteiger charge is 2.15. The molecular weight excluding hydrogens is 311 g/mol. The fourth-order valence-corrected chi connectivity index (χ4v) is 2.39. The number of H-pyrrole nitrogens is 1. The summed E-state index contributed by atoms with van der Waals surface area (Å²) in [5, 5.41) is 10.5. The topological polar surface area (TPSA) is 71.1 Å². The van der Waals surface area contributed by atoms with Gasteiger partial charge in [0.25, 0.3) is 5.91 Å². The Bertz CT molecular complexity index is 849. The number of benzene rings is 2. The minimum Gasteiger partial charge on any atom is -0.489 e. The molecule has 0 saturated carbocycles. The molecule has 0 bridgehead atoms. The van der Waals surface area contributed by atoms with Crippen molar-refractivity contribution in [3.63, 3.8) is 0 Å². The SMILES string of the molecule is CCN(CCOc1ccccc1F)C(=O)c1ccc2n[nH]nc2c1. The largest absolute Gasteiger partial charge is 0.489 e. The van der Waals surface area contributed by atoms with E-state index in [-0.39, 0.29) is 18.3 Å². The smallest absolute Gasteiger partial charge is 0.254 e. The number of fused-ring (bicyclic) bond motifs is 1. The molecule has 7 heteroatoms. The van der Waals surface area contributed by atoms with Gasteiger partial charge in [0.1, 0.15) is 17.6 Å². The highest BCUT2D eigenvalue weighted by molar-refractivity contribution is 5.97. The molecule has 24 heavy (non-hydrogen) atoms. The minimum absolute atomic E-state index is 0.125. The van der Waals surface area contributed by atoms with E-state index in [1.165, 1.54) is 6.07 Å². The third-order valence-corrected chi connectivity index (χ3v) is 3.69. The van der Waals surface area contributed by atoms with Crippen molar-refractivity contribution in [2.45, 2.75) is 6.92 Å². The van der Waals surface area contributed by atoms with Gasteiger partial charge in [-0.3, -0.25) is 4.79 Å². The maximum Gasteiger partial charge on any atom is 0.254 e. The number of hydrogen-bond acceptors (Lipinski definition) is 4. The number of rotatable bonds is 6. The maximum absolute atomic E-state index is 13.5. The van der Waals surface area contributed by atoms with Crippen LogP contribution in [0.5, 0.6) is 5.75 Å². The molecule has 0 aliphatic carbocycles. The number of aromatic amines is 1. The van der Waals surface area contributed by atoms with Crippen molar-refractivity contribution >= 4 is 16.9 Å². The Labute approximate surface area is 138 Å². The lowest BCUT2D eigenvalue weighted by atomic mass is 10.1. The van der Waals surface area contributed by atoms with Gasteiger partial charge in [0.2, 0.25) is 0 Å². The van der Waals surface area contributed by atoms with Gasteiger partial charge in [-0.05, 0) is 37.3 Å². The molecule has 1 N–H and O–H groups in total. The highest BCUT2D eigenvalue weighted by Crippen LogP contribution is 2.16. The van der Waals surface area contributed by atoms with Gasteiger partial charge in [-0.2, -0.15) is 15.4 Å². The zero-order valence-corrected chi connectivity index (χ0v) is 13.2. The molecule has 0 aliphatic heterocycles. The van der Waals surface area contributed by atoms with Crippen LogP contribution in [-0.2, 0) is 0 Å². The van der Waals surface area contributed by atoms with Gasteiger partial charge in [0, 0.05) is 12.1 Å². The summed E-state index contributed by atoms with van der Waals surface area (Å²) in [6, 6.07) is 11.4. The van der Waals surface area contributed by atoms with Crippen molar-refractivity contribution < 1.29 is 13.9 Å². The first-order chi connectivity index (χ1) is 11.7. The van der Waals surface area contributed by atoms with Crippen molar-refractivity contribution in [2.24, 2.45) is 0 Å². The van der Waals surface area contributed by atoms with E-state index >= 15 is 0 Å². The van der Waals surface area contributed by atoms with Gasteiger partial charge >= 0.3 is 0 Å². The molecule has 1 amide bonds. The summed E-state index contributed by atoms with van der Waals surface area (Å²) < 4.78 is 18.9. The van der Waals surface area contributed by atoms with Crippen LogP contribution in [0.15, 0.2) is 42.5 Å². The maximum atomic E-state index is 13.5. The molecule has 0 atom stereocenters. The van der Waals surface area contributed by atoms with Crippen LogP contribution in [-0.4, -0.2) is 45.9 Å². The predicted molar refractivity (Wildman–Crippen MR) is 87.4 cm³/mol. The third kappa shape index (κ3) is 3.34. The van der Waals surface area contributed by atoms with Crippen molar-refractivity contribution in [3.8, 4) is 5.75 Å². The number of halogens is 1. The lowest BCUT2D eigenvalue weighted by molar-refractivity contribution is 0.0739. The first-order valence-electron chi connectivity index (χ1n) is 7.66. The zero-order valence-electron chi connectivity index (χ0n) is 13.2. The number of carbonyl (C=O) groups excluding carboxylic acids is 1. The number of carbonyl (C=O) groups is 1. The van der Waals surface area contributed by atoms with Gasteiger partial charge < -0.3 is 9.64 Å². The molecule has 0 fully saturated rings. The summed E-state index contributed by atoms with van der Waals surface area (Å²) >= 11 is 0. The first-order valence-corrected chi connectivity index (χ1v) is 7.66. The van der Waals surface area contributed by atoms with E-state index in [9.17, 15) is 9.18 Å². The summed E-state index contributed by atoms with van der Waals surface area (Å²) in [5.74, 6) is -0.354. The van der Waals surface area contributed by atoms with Crippen LogP contribution in [0.25, 0.3) is 11.0 Å². The van der Waals surface area contributed by atoms with E-state index < -0.39 is 5.82 Å². The molecule has 0 spiro atoms. The molecule has 1 heterocycles. The van der Waals surface area contributed by atoms with Gasteiger partial charge in [0.05, 0.1) is 6.54 Å². The van der Waals surface area contributed by atoms with E-state index in [1.807, 2.05) is 6.92 Å². The number of likely N-dealkylation sites (N-methyl/N-ethyl adjacent to an activating group) is 1. The number of nitrogens with zero attached hydrogens (tertiary/aromatic N) is 3. The normalized spacial score (nSPS) is 10.8. The fraction of sp³-hybridized carbons (Fsp3) is 0.235. The molecule has 0 aliphatic rings. The Kier molecular flexibility index (Phi) is 4.69. The van der Waals surface area contributed by atoms with Crippen LogP contribution in [0.3, 0.4) is 0 Å². The van der Waals surface area contributed by atoms with E-state index in [0.717, 1.165) is 0 Å². The number of para-hydroxylation sites is 1. The molecular formula is C17H17FN4O2. The molecule has 124 valence electrons. The summed E-state index contributed by atoms with van der Waals surface area (Å²) in [6.07, 6.45) is 0. The van der Waals surface area contributed by atoms with Crippen LogP contribution < -0.4 is 4.74 Å². The number of ether oxygens (including phenoxy) is 1. The number of hydrogen-bond donors (Lipinski definition) is 1. The molecule has 6 nitrogen and oxygen atoms in total. The molecule has 2 aromatic carbocycles. The lowest BCUT2D eigenvalue weighted by Crippen LogP contribution is -2.34. The Balaban J connectivity index is 1.64. The van der Waals surface area contributed by atoms with Crippen molar-refractivity contribution in [2.75, 3.05) is 19.7 Å². The van der Waals surface area contributed by atoms with Gasteiger partial charge in [-0.25, -0.2) is 4.39 Å². The molecule has 0 radical (unpaired) electrons. The molecule has 0 saturated heterocycles. The van der Waals surface area contributed by atoms with E-state index in [1.54, 1.807) is 41.3 Å². The Morgan fingerprint density at radius 2 is 2.00 bits per heavy atom. The minimum atomic E-state index is -0.414. The van der Waals surface area contributed by atoms with Gasteiger partial charge in [-0.1, -0.05) is 12.1 Å². The molecule has 1 aromatic heterocycles. The Morgan fingerprint density at radius 3 is 2.79 bits per heavy atom. The van der Waals surface area contributed by atoms with Crippen LogP contribution in [0, 0.1) is 5.82 Å². The second-order valence-corrected chi connectivity index (χ2v) is 5.19. The molecule has 3 aromatic rings. The summed E-state index contributed by atoms with van der Waals surface area (Å²) in [4.78, 5) is 14.2. The van der Waals surface area contributed by atoms with Crippen LogP contribution in [0.4, 0.5) is 4.39 Å². The lowest BCUT2D eigenvalue weighted by Gasteiger charge is -2.21. The Hall–Kier alpha value is -2.96. The number of nitrogens with one attached hydrogen (secondary N) is 1. The number of aromatic nitrogens is 3. The van der Waals surface area contributed by atoms with Crippen molar-refractivity contribution in [1.29, 1.82) is 0 Å². The molecule has 0 unspecified atom stereocenters. The van der Waals surface area contributed by atoms with Crippen LogP contribution >= 0.6 is 0 Å². The van der Waals surface area contributed by atoms with Crippen LogP contribution in [0.2, 0.25) is 0 Å². The zero-order chi connectivity index (χ0) is 16.9. The average molecular weight is 328 g/mol. The standard InChI is InChI=1S/C17H17FN4O2/c1-2-22(9-10-24-16-6-4-3-5-13(16)18)17(23)12-7-8-14-15(11-12)20-21-19-14/h3-8,11H,2,9-10H2,1H3,(H,19,20,21). The second kappa shape index (κ2) is 7.08. The van der Waals surface area contributed by atoms with E-state index in [0.29, 0.717) is 29.7 Å². The predicted octanol–water partition coefficient (Wildman–Crippen LogP) is 2.64. The van der Waals surface area contributed by atoms with Crippen molar-refractivity contribution in [3.05, 3.63) is 53.8 Å². The Morgan fingerprint density at radius 1 is 1.21 bits per heavy atom.